The van der Waals surface area contributed by atoms with Gasteiger partial charge in [0.05, 0.1) is 6.34 Å². The Morgan fingerprint density at radius 1 is 1.41 bits per heavy atom. The van der Waals surface area contributed by atoms with Crippen LogP contribution < -0.4 is 10.6 Å². The lowest BCUT2D eigenvalue weighted by molar-refractivity contribution is 0.564. The van der Waals surface area contributed by atoms with Gasteiger partial charge in [0, 0.05) is 25.0 Å². The maximum absolute atomic E-state index is 11.7. The molecule has 0 N–H and O–H groups in total. The summed E-state index contributed by atoms with van der Waals surface area (Å²) in [6.07, 6.45) is 7.07. The summed E-state index contributed by atoms with van der Waals surface area (Å²) in [6, 6.07) is 1.95. The zero-order valence-corrected chi connectivity index (χ0v) is 10.6. The van der Waals surface area contributed by atoms with Gasteiger partial charge in [0.2, 0.25) is 0 Å². The maximum Gasteiger partial charge on any atom is 0.349 e. The molecular weight excluding hydrogens is 240 g/mol. The van der Waals surface area contributed by atoms with Crippen molar-refractivity contribution in [3.8, 4) is 0 Å². The lowest BCUT2D eigenvalue weighted by Gasteiger charge is -2.18. The molecule has 0 fully saturated rings. The molecule has 0 amide bonds. The summed E-state index contributed by atoms with van der Waals surface area (Å²) in [5, 5.41) is 0. The van der Waals surface area contributed by atoms with Gasteiger partial charge < -0.3 is 4.90 Å². The van der Waals surface area contributed by atoms with Crippen LogP contribution in [0.2, 0.25) is 0 Å². The van der Waals surface area contributed by atoms with Gasteiger partial charge in [-0.1, -0.05) is 0 Å². The van der Waals surface area contributed by atoms with Crippen LogP contribution in [0.15, 0.2) is 34.3 Å². The number of hydrogen-bond donors (Lipinski definition) is 0. The third-order valence-electron chi connectivity index (χ3n) is 2.37. The number of anilines is 1. The quantitative estimate of drug-likeness (QED) is 0.806. The van der Waals surface area contributed by atoms with Gasteiger partial charge in [-0.05, 0) is 26.0 Å². The minimum atomic E-state index is -0.226. The van der Waals surface area contributed by atoms with Gasteiger partial charge in [-0.25, -0.2) is 9.79 Å². The zero-order valence-electron chi connectivity index (χ0n) is 9.78. The molecule has 0 aliphatic carbocycles. The van der Waals surface area contributed by atoms with E-state index in [9.17, 15) is 4.79 Å². The topological polar surface area (TPSA) is 50.5 Å². The SMILES string of the molecule is CC(C)n1ccc(N2C=NC=CC2)nc1=O.Cl. The van der Waals surface area contributed by atoms with Crippen molar-refractivity contribution < 1.29 is 0 Å². The standard InChI is InChI=1S/C11H14N4O.ClH/c1-9(2)15-7-4-10(13-11(15)16)14-6-3-5-12-8-14;/h3-5,7-9H,6H2,1-2H3;1H. The number of aromatic nitrogens is 2. The van der Waals surface area contributed by atoms with Crippen molar-refractivity contribution in [3.05, 3.63) is 35.0 Å². The van der Waals surface area contributed by atoms with E-state index in [2.05, 4.69) is 9.98 Å². The van der Waals surface area contributed by atoms with Gasteiger partial charge in [-0.3, -0.25) is 4.57 Å². The highest BCUT2D eigenvalue weighted by molar-refractivity contribution is 5.85. The first kappa shape index (κ1) is 13.4. The Balaban J connectivity index is 0.00000144. The molecule has 17 heavy (non-hydrogen) atoms. The average Bonchev–Trinajstić information content (AvgIpc) is 2.29. The molecule has 1 aromatic rings. The monoisotopic (exact) mass is 254 g/mol. The van der Waals surface area contributed by atoms with Crippen LogP contribution in [0.5, 0.6) is 0 Å². The van der Waals surface area contributed by atoms with Gasteiger partial charge >= 0.3 is 5.69 Å². The third kappa shape index (κ3) is 2.94. The number of aliphatic imine (C=N–C) groups is 1. The molecule has 0 aromatic carbocycles. The maximum atomic E-state index is 11.7. The Labute approximate surface area is 106 Å². The van der Waals surface area contributed by atoms with Gasteiger partial charge in [0.1, 0.15) is 5.82 Å². The molecule has 0 radical (unpaired) electrons. The van der Waals surface area contributed by atoms with E-state index in [0.29, 0.717) is 12.4 Å². The van der Waals surface area contributed by atoms with E-state index in [1.165, 1.54) is 0 Å². The van der Waals surface area contributed by atoms with Crippen molar-refractivity contribution in [2.45, 2.75) is 19.9 Å². The summed E-state index contributed by atoms with van der Waals surface area (Å²) in [5.74, 6) is 0.634. The molecule has 2 rings (SSSR count). The Morgan fingerprint density at radius 3 is 2.71 bits per heavy atom. The second kappa shape index (κ2) is 5.63. The van der Waals surface area contributed by atoms with E-state index in [0.717, 1.165) is 0 Å². The summed E-state index contributed by atoms with van der Waals surface area (Å²) < 4.78 is 1.60. The Bertz CT molecular complexity index is 492. The highest BCUT2D eigenvalue weighted by Crippen LogP contribution is 2.09. The summed E-state index contributed by atoms with van der Waals surface area (Å²) in [4.78, 5) is 21.5. The summed E-state index contributed by atoms with van der Waals surface area (Å²) in [5.41, 5.74) is -0.226. The zero-order chi connectivity index (χ0) is 11.5. The highest BCUT2D eigenvalue weighted by atomic mass is 35.5. The first-order valence-electron chi connectivity index (χ1n) is 5.22. The van der Waals surface area contributed by atoms with Crippen molar-refractivity contribution in [2.75, 3.05) is 11.4 Å². The normalized spacial score (nSPS) is 13.9. The van der Waals surface area contributed by atoms with E-state index < -0.39 is 0 Å². The molecule has 1 aliphatic heterocycles. The number of rotatable bonds is 2. The fourth-order valence-electron chi connectivity index (χ4n) is 1.50. The molecular formula is C11H15ClN4O. The number of hydrogen-bond acceptors (Lipinski definition) is 4. The third-order valence-corrected chi connectivity index (χ3v) is 2.37. The average molecular weight is 255 g/mol. The van der Waals surface area contributed by atoms with Crippen molar-refractivity contribution >= 4 is 24.6 Å². The van der Waals surface area contributed by atoms with Crippen LogP contribution in [0.1, 0.15) is 19.9 Å². The van der Waals surface area contributed by atoms with Crippen molar-refractivity contribution in [1.29, 1.82) is 0 Å². The first-order chi connectivity index (χ1) is 7.68. The Kier molecular flexibility index (Phi) is 4.45. The molecule has 92 valence electrons. The second-order valence-electron chi connectivity index (χ2n) is 3.87. The van der Waals surface area contributed by atoms with Crippen LogP contribution in [0, 0.1) is 0 Å². The predicted octanol–water partition coefficient (Wildman–Crippen LogP) is 1.61. The molecule has 5 nitrogen and oxygen atoms in total. The smallest absolute Gasteiger partial charge is 0.313 e. The van der Waals surface area contributed by atoms with Crippen molar-refractivity contribution in [2.24, 2.45) is 4.99 Å². The number of nitrogens with zero attached hydrogens (tertiary/aromatic N) is 4. The largest absolute Gasteiger partial charge is 0.349 e. The van der Waals surface area contributed by atoms with Crippen molar-refractivity contribution in [3.63, 3.8) is 0 Å². The summed E-state index contributed by atoms with van der Waals surface area (Å²) >= 11 is 0. The van der Waals surface area contributed by atoms with E-state index in [1.54, 1.807) is 23.3 Å². The molecule has 1 aliphatic rings. The van der Waals surface area contributed by atoms with E-state index in [-0.39, 0.29) is 24.1 Å². The van der Waals surface area contributed by atoms with E-state index in [1.807, 2.05) is 30.9 Å². The lowest BCUT2D eigenvalue weighted by atomic mass is 10.4. The molecule has 2 heterocycles. The minimum absolute atomic E-state index is 0. The molecule has 6 heteroatoms. The van der Waals surface area contributed by atoms with Crippen LogP contribution in [0.4, 0.5) is 5.82 Å². The Hall–Kier alpha value is -1.62. The van der Waals surface area contributed by atoms with Gasteiger partial charge in [-0.15, -0.1) is 12.4 Å². The van der Waals surface area contributed by atoms with Gasteiger partial charge in [0.25, 0.3) is 0 Å². The van der Waals surface area contributed by atoms with Crippen LogP contribution in [-0.4, -0.2) is 22.4 Å². The van der Waals surface area contributed by atoms with Crippen LogP contribution in [0.25, 0.3) is 0 Å². The fourth-order valence-corrected chi connectivity index (χ4v) is 1.50. The Morgan fingerprint density at radius 2 is 2.18 bits per heavy atom. The van der Waals surface area contributed by atoms with Crippen LogP contribution in [-0.2, 0) is 0 Å². The lowest BCUT2D eigenvalue weighted by Crippen LogP contribution is -2.30. The molecule has 1 aromatic heterocycles. The molecule has 0 saturated heterocycles. The molecule has 0 unspecified atom stereocenters. The fraction of sp³-hybridized carbons (Fsp3) is 0.364. The summed E-state index contributed by atoms with van der Waals surface area (Å²) in [7, 11) is 0. The van der Waals surface area contributed by atoms with Crippen molar-refractivity contribution in [1.82, 2.24) is 9.55 Å². The predicted molar refractivity (Wildman–Crippen MR) is 71.1 cm³/mol. The van der Waals surface area contributed by atoms with Gasteiger partial charge in [-0.2, -0.15) is 4.98 Å². The van der Waals surface area contributed by atoms with Crippen LogP contribution in [0.3, 0.4) is 0 Å². The molecule has 0 spiro atoms. The van der Waals surface area contributed by atoms with Crippen LogP contribution >= 0.6 is 12.4 Å². The first-order valence-corrected chi connectivity index (χ1v) is 5.22. The van der Waals surface area contributed by atoms with E-state index >= 15 is 0 Å². The highest BCUT2D eigenvalue weighted by Gasteiger charge is 2.08. The minimum Gasteiger partial charge on any atom is -0.313 e. The summed E-state index contributed by atoms with van der Waals surface area (Å²) in [6.45, 7) is 4.60. The second-order valence-corrected chi connectivity index (χ2v) is 3.87. The van der Waals surface area contributed by atoms with Gasteiger partial charge in [0.15, 0.2) is 0 Å². The van der Waals surface area contributed by atoms with E-state index in [4.69, 9.17) is 0 Å². The number of halogens is 1. The molecule has 0 saturated carbocycles. The molecule has 0 atom stereocenters. The molecule has 0 bridgehead atoms.